The van der Waals surface area contributed by atoms with Gasteiger partial charge in [0.1, 0.15) is 11.8 Å². The van der Waals surface area contributed by atoms with Gasteiger partial charge in [-0.1, -0.05) is 26.0 Å². The van der Waals surface area contributed by atoms with Crippen LogP contribution < -0.4 is 10.7 Å². The van der Waals surface area contributed by atoms with Crippen molar-refractivity contribution in [2.24, 2.45) is 5.41 Å². The number of ether oxygens (including phenoxy) is 2. The van der Waals surface area contributed by atoms with Gasteiger partial charge < -0.3 is 24.5 Å². The van der Waals surface area contributed by atoms with Crippen molar-refractivity contribution in [3.63, 3.8) is 0 Å². The number of phenolic OH excluding ortho intramolecular Hbond substituents is 1. The van der Waals surface area contributed by atoms with E-state index in [0.717, 1.165) is 56.7 Å². The van der Waals surface area contributed by atoms with Crippen LogP contribution in [0.2, 0.25) is 0 Å². The third-order valence-electron chi connectivity index (χ3n) is 9.71. The number of phenols is 1. The van der Waals surface area contributed by atoms with E-state index in [1.54, 1.807) is 37.5 Å². The number of aromatic hydroxyl groups is 1. The standard InChI is InChI=1S/C38H47N5O5/c1-7-42-33-13-12-25-20-29(33)30(35(42)28-10-8-14-40-34(28)23(2)47-6)21-38(3,4)22-48-37(46)31-11-9-15-43(41-31)36(45)32(39-5)18-24-16-26(25)19-27(44)17-24/h8,10,12-14,16-17,19-20,23,31-32,39,41,44H,7,9,11,15,18,21-22H2,1-6H3/t23?,31-,32?/m0/s1. The number of hydrogen-bond donors (Lipinski definition) is 3. The van der Waals surface area contributed by atoms with Crippen LogP contribution in [0.1, 0.15) is 63.5 Å². The fourth-order valence-electron chi connectivity index (χ4n) is 7.18. The summed E-state index contributed by atoms with van der Waals surface area (Å²) < 4.78 is 14.1. The normalized spacial score (nSPS) is 20.8. The molecule has 1 fully saturated rings. The Balaban J connectivity index is 1.57. The van der Waals surface area contributed by atoms with Crippen molar-refractivity contribution >= 4 is 22.8 Å². The number of methoxy groups -OCH3 is 1. The van der Waals surface area contributed by atoms with Crippen molar-refractivity contribution in [2.45, 2.75) is 78.1 Å². The van der Waals surface area contributed by atoms with Crippen molar-refractivity contribution in [2.75, 3.05) is 27.3 Å². The van der Waals surface area contributed by atoms with E-state index in [0.29, 0.717) is 32.2 Å². The van der Waals surface area contributed by atoms with E-state index in [4.69, 9.17) is 14.5 Å². The molecule has 2 aliphatic rings. The van der Waals surface area contributed by atoms with Crippen LogP contribution in [0.4, 0.5) is 0 Å². The Hall–Kier alpha value is -4.25. The first-order valence-electron chi connectivity index (χ1n) is 16.9. The maximum atomic E-state index is 13.6. The summed E-state index contributed by atoms with van der Waals surface area (Å²) in [5.74, 6) is -0.374. The molecule has 6 rings (SSSR count). The van der Waals surface area contributed by atoms with Crippen LogP contribution in [0, 0.1) is 5.41 Å². The first-order chi connectivity index (χ1) is 23.0. The van der Waals surface area contributed by atoms with E-state index >= 15 is 0 Å². The number of esters is 1. The van der Waals surface area contributed by atoms with E-state index in [2.05, 4.69) is 60.3 Å². The summed E-state index contributed by atoms with van der Waals surface area (Å²) in [6.07, 6.45) is 3.83. The minimum atomic E-state index is -0.615. The molecule has 254 valence electrons. The van der Waals surface area contributed by atoms with E-state index in [-0.39, 0.29) is 30.3 Å². The van der Waals surface area contributed by atoms with Gasteiger partial charge in [0.15, 0.2) is 0 Å². The predicted octanol–water partition coefficient (Wildman–Crippen LogP) is 5.55. The number of nitrogens with zero attached hydrogens (tertiary/aromatic N) is 3. The number of cyclic esters (lactones) is 1. The van der Waals surface area contributed by atoms with Gasteiger partial charge in [-0.25, -0.2) is 5.43 Å². The number of nitrogens with one attached hydrogen (secondary N) is 2. The lowest BCUT2D eigenvalue weighted by atomic mass is 9.84. The van der Waals surface area contributed by atoms with Gasteiger partial charge >= 0.3 is 5.97 Å². The Bertz CT molecular complexity index is 1830. The van der Waals surface area contributed by atoms with Crippen LogP contribution in [0.3, 0.4) is 0 Å². The third kappa shape index (κ3) is 6.57. The highest BCUT2D eigenvalue weighted by Gasteiger charge is 2.34. The number of fused-ring (bicyclic) bond motifs is 6. The van der Waals surface area contributed by atoms with Crippen LogP contribution in [-0.4, -0.2) is 70.9 Å². The SMILES string of the molecule is CCn1c(-c2cccnc2C(C)OC)c2c3cc(ccc31)-c1cc(O)cc(c1)CC(NC)C(=O)N1CCC[C@H](N1)C(=O)OCC(C)(C)C2. The number of hydrogen-bond acceptors (Lipinski definition) is 8. The lowest BCUT2D eigenvalue weighted by molar-refractivity contribution is -0.155. The Kier molecular flexibility index (Phi) is 9.60. The number of hydrazine groups is 1. The Labute approximate surface area is 282 Å². The summed E-state index contributed by atoms with van der Waals surface area (Å²) in [5.41, 5.74) is 10.5. The molecular weight excluding hydrogens is 606 g/mol. The van der Waals surface area contributed by atoms with Crippen molar-refractivity contribution in [3.05, 3.63) is 71.5 Å². The van der Waals surface area contributed by atoms with Crippen molar-refractivity contribution in [1.82, 2.24) is 25.3 Å². The molecule has 4 heterocycles. The smallest absolute Gasteiger partial charge is 0.324 e. The predicted molar refractivity (Wildman–Crippen MR) is 186 cm³/mol. The molecule has 0 radical (unpaired) electrons. The van der Waals surface area contributed by atoms with Crippen LogP contribution in [0.5, 0.6) is 5.75 Å². The number of aromatic nitrogens is 2. The number of benzene rings is 2. The fourth-order valence-corrected chi connectivity index (χ4v) is 7.18. The molecule has 2 aliphatic heterocycles. The number of amides is 1. The van der Waals surface area contributed by atoms with Gasteiger partial charge in [0.25, 0.3) is 5.91 Å². The minimum absolute atomic E-state index is 0.139. The molecular formula is C38H47N5O5. The molecule has 2 aromatic carbocycles. The summed E-state index contributed by atoms with van der Waals surface area (Å²) in [6, 6.07) is 14.9. The highest BCUT2D eigenvalue weighted by Crippen LogP contribution is 2.42. The number of likely N-dealkylation sites (N-methyl/N-ethyl adjacent to an activating group) is 1. The number of carbonyl (C=O) groups is 2. The van der Waals surface area contributed by atoms with E-state index in [1.807, 2.05) is 19.1 Å². The monoisotopic (exact) mass is 653 g/mol. The van der Waals surface area contributed by atoms with Gasteiger partial charge in [-0.05, 0) is 105 Å². The molecule has 2 aromatic heterocycles. The average Bonchev–Trinajstić information content (AvgIpc) is 3.39. The van der Waals surface area contributed by atoms with Crippen LogP contribution in [0.15, 0.2) is 54.7 Å². The van der Waals surface area contributed by atoms with Crippen molar-refractivity contribution < 1.29 is 24.2 Å². The second kappa shape index (κ2) is 13.7. The van der Waals surface area contributed by atoms with E-state index < -0.39 is 17.5 Å². The molecule has 4 aromatic rings. The summed E-state index contributed by atoms with van der Waals surface area (Å²) in [4.78, 5) is 31.9. The molecule has 3 atom stereocenters. The number of pyridine rings is 1. The zero-order chi connectivity index (χ0) is 34.2. The largest absolute Gasteiger partial charge is 0.508 e. The lowest BCUT2D eigenvalue weighted by Crippen LogP contribution is -2.59. The summed E-state index contributed by atoms with van der Waals surface area (Å²) in [6.45, 7) is 9.82. The van der Waals surface area contributed by atoms with Gasteiger partial charge in [-0.15, -0.1) is 0 Å². The zero-order valence-corrected chi connectivity index (χ0v) is 28.8. The molecule has 1 saturated heterocycles. The molecule has 10 nitrogen and oxygen atoms in total. The molecule has 0 saturated carbocycles. The Morgan fingerprint density at radius 3 is 2.73 bits per heavy atom. The summed E-state index contributed by atoms with van der Waals surface area (Å²) >= 11 is 0. The minimum Gasteiger partial charge on any atom is -0.508 e. The lowest BCUT2D eigenvalue weighted by Gasteiger charge is -2.35. The van der Waals surface area contributed by atoms with Gasteiger partial charge in [0.05, 0.1) is 30.1 Å². The summed E-state index contributed by atoms with van der Waals surface area (Å²) in [5, 5.41) is 16.7. The second-order valence-electron chi connectivity index (χ2n) is 13.8. The number of carbonyl (C=O) groups excluding carboxylic acids is 2. The molecule has 2 unspecified atom stereocenters. The number of aryl methyl sites for hydroxylation is 1. The topological polar surface area (TPSA) is 118 Å². The fraction of sp³-hybridized carbons (Fsp3) is 0.447. The average molecular weight is 654 g/mol. The zero-order valence-electron chi connectivity index (χ0n) is 28.8. The molecule has 1 amide bonds. The van der Waals surface area contributed by atoms with Crippen LogP contribution >= 0.6 is 0 Å². The first-order valence-corrected chi connectivity index (χ1v) is 16.9. The maximum absolute atomic E-state index is 13.6. The van der Waals surface area contributed by atoms with Crippen LogP contribution in [-0.2, 0) is 38.4 Å². The second-order valence-corrected chi connectivity index (χ2v) is 13.8. The van der Waals surface area contributed by atoms with Crippen LogP contribution in [0.25, 0.3) is 33.3 Å². The quantitative estimate of drug-likeness (QED) is 0.240. The molecule has 6 bridgehead atoms. The van der Waals surface area contributed by atoms with Gasteiger partial charge in [0, 0.05) is 48.3 Å². The molecule has 0 aliphatic carbocycles. The Morgan fingerprint density at radius 1 is 1.17 bits per heavy atom. The molecule has 0 spiro atoms. The molecule has 3 N–H and O–H groups in total. The first kappa shape index (κ1) is 33.6. The van der Waals surface area contributed by atoms with E-state index in [9.17, 15) is 14.7 Å². The number of rotatable bonds is 5. The highest BCUT2D eigenvalue weighted by molar-refractivity contribution is 5.95. The van der Waals surface area contributed by atoms with Gasteiger partial charge in [-0.3, -0.25) is 19.6 Å². The third-order valence-corrected chi connectivity index (χ3v) is 9.71. The van der Waals surface area contributed by atoms with Gasteiger partial charge in [0.2, 0.25) is 0 Å². The molecule has 10 heteroatoms. The summed E-state index contributed by atoms with van der Waals surface area (Å²) in [7, 11) is 3.45. The van der Waals surface area contributed by atoms with E-state index in [1.165, 1.54) is 0 Å². The maximum Gasteiger partial charge on any atom is 0.324 e. The Morgan fingerprint density at radius 2 is 1.98 bits per heavy atom. The van der Waals surface area contributed by atoms with Gasteiger partial charge in [-0.2, -0.15) is 0 Å². The van der Waals surface area contributed by atoms with Crippen molar-refractivity contribution in [3.8, 4) is 28.1 Å². The highest BCUT2D eigenvalue weighted by atomic mass is 16.5. The van der Waals surface area contributed by atoms with Crippen molar-refractivity contribution in [1.29, 1.82) is 0 Å². The molecule has 48 heavy (non-hydrogen) atoms.